The molecule has 7 heteroatoms. The van der Waals surface area contributed by atoms with Crippen LogP contribution in [0, 0.1) is 0 Å². The summed E-state index contributed by atoms with van der Waals surface area (Å²) in [5, 5.41) is 2.61. The Morgan fingerprint density at radius 3 is 2.26 bits per heavy atom. The number of nitrogens with one attached hydrogen (secondary N) is 1. The number of rotatable bonds is 5. The zero-order valence-corrected chi connectivity index (χ0v) is 15.7. The van der Waals surface area contributed by atoms with Crippen molar-refractivity contribution in [3.8, 4) is 11.5 Å². The molecule has 6 nitrogen and oxygen atoms in total. The van der Waals surface area contributed by atoms with Crippen molar-refractivity contribution in [1.29, 1.82) is 0 Å². The molecule has 0 spiro atoms. The fraction of sp³-hybridized carbons (Fsp3) is 0.150. The summed E-state index contributed by atoms with van der Waals surface area (Å²) < 4.78 is 10.5. The molecule has 1 aliphatic heterocycles. The molecule has 0 atom stereocenters. The number of amides is 2. The molecular formula is C20H18N2O4S. The van der Waals surface area contributed by atoms with E-state index < -0.39 is 11.8 Å². The lowest BCUT2D eigenvalue weighted by molar-refractivity contribution is -0.122. The molecule has 0 aromatic heterocycles. The highest BCUT2D eigenvalue weighted by molar-refractivity contribution is 7.80. The molecule has 1 saturated heterocycles. The number of benzene rings is 2. The van der Waals surface area contributed by atoms with Gasteiger partial charge in [0, 0.05) is 0 Å². The molecule has 2 amide bonds. The van der Waals surface area contributed by atoms with Gasteiger partial charge in [0.1, 0.15) is 17.1 Å². The van der Waals surface area contributed by atoms with E-state index in [0.29, 0.717) is 29.4 Å². The van der Waals surface area contributed by atoms with Crippen LogP contribution in [0.2, 0.25) is 0 Å². The van der Waals surface area contributed by atoms with Gasteiger partial charge in [0.15, 0.2) is 5.11 Å². The van der Waals surface area contributed by atoms with E-state index in [0.717, 1.165) is 0 Å². The maximum absolute atomic E-state index is 12.9. The van der Waals surface area contributed by atoms with Gasteiger partial charge in [0.05, 0.1) is 19.4 Å². The molecule has 0 unspecified atom stereocenters. The predicted molar refractivity (Wildman–Crippen MR) is 107 cm³/mol. The van der Waals surface area contributed by atoms with Crippen LogP contribution in [0.25, 0.3) is 6.08 Å². The van der Waals surface area contributed by atoms with Crippen molar-refractivity contribution in [3.05, 3.63) is 59.7 Å². The van der Waals surface area contributed by atoms with Gasteiger partial charge in [-0.1, -0.05) is 12.1 Å². The third-order valence-electron chi connectivity index (χ3n) is 3.93. The monoisotopic (exact) mass is 382 g/mol. The molecule has 0 radical (unpaired) electrons. The van der Waals surface area contributed by atoms with Crippen LogP contribution in [0.4, 0.5) is 5.69 Å². The van der Waals surface area contributed by atoms with Crippen LogP contribution in [0.5, 0.6) is 11.5 Å². The molecule has 1 aliphatic rings. The lowest BCUT2D eigenvalue weighted by Gasteiger charge is -2.29. The highest BCUT2D eigenvalue weighted by Crippen LogP contribution is 2.24. The Hall–Kier alpha value is -3.19. The van der Waals surface area contributed by atoms with Crippen molar-refractivity contribution >= 4 is 40.9 Å². The third-order valence-corrected chi connectivity index (χ3v) is 4.22. The van der Waals surface area contributed by atoms with Crippen molar-refractivity contribution in [2.75, 3.05) is 18.6 Å². The summed E-state index contributed by atoms with van der Waals surface area (Å²) in [6.45, 7) is 2.44. The largest absolute Gasteiger partial charge is 0.497 e. The Labute approximate surface area is 162 Å². The minimum Gasteiger partial charge on any atom is -0.497 e. The van der Waals surface area contributed by atoms with Gasteiger partial charge in [-0.25, -0.2) is 0 Å². The maximum Gasteiger partial charge on any atom is 0.270 e. The number of methoxy groups -OCH3 is 1. The van der Waals surface area contributed by atoms with Gasteiger partial charge in [-0.05, 0) is 67.2 Å². The Balaban J connectivity index is 1.91. The van der Waals surface area contributed by atoms with Gasteiger partial charge in [0.25, 0.3) is 11.8 Å². The van der Waals surface area contributed by atoms with E-state index >= 15 is 0 Å². The summed E-state index contributed by atoms with van der Waals surface area (Å²) in [7, 11) is 1.57. The quantitative estimate of drug-likeness (QED) is 0.489. The normalized spacial score (nSPS) is 15.7. The van der Waals surface area contributed by atoms with Crippen LogP contribution in [0.1, 0.15) is 12.5 Å². The molecule has 138 valence electrons. The molecular weight excluding hydrogens is 364 g/mol. The Bertz CT molecular complexity index is 905. The molecule has 0 bridgehead atoms. The zero-order chi connectivity index (χ0) is 19.4. The predicted octanol–water partition coefficient (Wildman–Crippen LogP) is 2.93. The number of thiocarbonyl (C=S) groups is 1. The van der Waals surface area contributed by atoms with Crippen LogP contribution in [-0.4, -0.2) is 30.6 Å². The number of nitrogens with zero attached hydrogens (tertiary/aromatic N) is 1. The van der Waals surface area contributed by atoms with Gasteiger partial charge in [0.2, 0.25) is 0 Å². The van der Waals surface area contributed by atoms with Gasteiger partial charge >= 0.3 is 0 Å². The third kappa shape index (κ3) is 3.98. The van der Waals surface area contributed by atoms with E-state index in [-0.39, 0.29) is 10.7 Å². The summed E-state index contributed by atoms with van der Waals surface area (Å²) in [6.07, 6.45) is 1.53. The van der Waals surface area contributed by atoms with Crippen LogP contribution >= 0.6 is 12.2 Å². The van der Waals surface area contributed by atoms with Gasteiger partial charge in [-0.2, -0.15) is 0 Å². The van der Waals surface area contributed by atoms with Crippen molar-refractivity contribution in [1.82, 2.24) is 5.32 Å². The topological polar surface area (TPSA) is 67.9 Å². The van der Waals surface area contributed by atoms with Crippen LogP contribution < -0.4 is 19.7 Å². The molecule has 3 rings (SSSR count). The Kier molecular flexibility index (Phi) is 5.52. The van der Waals surface area contributed by atoms with E-state index in [1.54, 1.807) is 55.6 Å². The summed E-state index contributed by atoms with van der Waals surface area (Å²) in [5.41, 5.74) is 1.26. The van der Waals surface area contributed by atoms with Gasteiger partial charge in [-0.15, -0.1) is 0 Å². The number of carbonyl (C=O) groups excluding carboxylic acids is 2. The average molecular weight is 382 g/mol. The lowest BCUT2D eigenvalue weighted by Crippen LogP contribution is -2.54. The van der Waals surface area contributed by atoms with Gasteiger partial charge < -0.3 is 9.47 Å². The van der Waals surface area contributed by atoms with E-state index in [2.05, 4.69) is 5.32 Å². The van der Waals surface area contributed by atoms with Gasteiger partial charge in [-0.3, -0.25) is 19.8 Å². The van der Waals surface area contributed by atoms with E-state index in [1.807, 2.05) is 6.92 Å². The fourth-order valence-electron chi connectivity index (χ4n) is 2.62. The van der Waals surface area contributed by atoms with Crippen LogP contribution in [-0.2, 0) is 9.59 Å². The van der Waals surface area contributed by atoms with E-state index in [4.69, 9.17) is 21.7 Å². The zero-order valence-electron chi connectivity index (χ0n) is 14.9. The second kappa shape index (κ2) is 8.01. The molecule has 1 heterocycles. The number of anilines is 1. The summed E-state index contributed by atoms with van der Waals surface area (Å²) >= 11 is 5.20. The molecule has 27 heavy (non-hydrogen) atoms. The number of carbonyl (C=O) groups is 2. The first-order chi connectivity index (χ1) is 13.0. The fourth-order valence-corrected chi connectivity index (χ4v) is 2.90. The summed E-state index contributed by atoms with van der Waals surface area (Å²) in [5.74, 6) is 0.371. The minimum absolute atomic E-state index is 0.00246. The minimum atomic E-state index is -0.525. The van der Waals surface area contributed by atoms with Crippen molar-refractivity contribution in [3.63, 3.8) is 0 Å². The first-order valence-electron chi connectivity index (χ1n) is 8.32. The average Bonchev–Trinajstić information content (AvgIpc) is 2.67. The Morgan fingerprint density at radius 2 is 1.67 bits per heavy atom. The van der Waals surface area contributed by atoms with E-state index in [1.165, 1.54) is 11.0 Å². The number of hydrogen-bond acceptors (Lipinski definition) is 5. The maximum atomic E-state index is 12.9. The summed E-state index contributed by atoms with van der Waals surface area (Å²) in [6, 6.07) is 14.0. The van der Waals surface area contributed by atoms with Crippen molar-refractivity contribution in [2.45, 2.75) is 6.92 Å². The molecule has 0 saturated carbocycles. The Morgan fingerprint density at radius 1 is 1.04 bits per heavy atom. The van der Waals surface area contributed by atoms with Crippen molar-refractivity contribution < 1.29 is 19.1 Å². The number of hydrogen-bond donors (Lipinski definition) is 1. The standard InChI is InChI=1S/C20H18N2O4S/c1-3-26-16-10-6-14(7-11-16)22-19(24)17(18(23)21-20(22)27)12-13-4-8-15(25-2)9-5-13/h4-12H,3H2,1-2H3,(H,21,23,27)/b17-12-. The molecule has 2 aromatic rings. The lowest BCUT2D eigenvalue weighted by atomic mass is 10.1. The SMILES string of the molecule is CCOc1ccc(N2C(=O)/C(=C\c3ccc(OC)cc3)C(=O)NC2=S)cc1. The van der Waals surface area contributed by atoms with Crippen LogP contribution in [0.15, 0.2) is 54.1 Å². The highest BCUT2D eigenvalue weighted by atomic mass is 32.1. The van der Waals surface area contributed by atoms with Crippen LogP contribution in [0.3, 0.4) is 0 Å². The van der Waals surface area contributed by atoms with Crippen molar-refractivity contribution in [2.24, 2.45) is 0 Å². The molecule has 1 N–H and O–H groups in total. The molecule has 2 aromatic carbocycles. The second-order valence-corrected chi connectivity index (χ2v) is 6.04. The number of ether oxygens (including phenoxy) is 2. The highest BCUT2D eigenvalue weighted by Gasteiger charge is 2.34. The molecule has 1 fully saturated rings. The second-order valence-electron chi connectivity index (χ2n) is 5.66. The smallest absolute Gasteiger partial charge is 0.270 e. The first-order valence-corrected chi connectivity index (χ1v) is 8.72. The molecule has 0 aliphatic carbocycles. The first kappa shape index (κ1) is 18.6. The van der Waals surface area contributed by atoms with E-state index in [9.17, 15) is 9.59 Å². The summed E-state index contributed by atoms with van der Waals surface area (Å²) in [4.78, 5) is 26.5.